The quantitative estimate of drug-likeness (QED) is 0.0470. The number of furan rings is 1. The maximum Gasteiger partial charge on any atom is 0.283 e. The molecule has 6 aliphatic rings. The number of ether oxygens (including phenoxy) is 1. The molecule has 19 rings (SSSR count). The molecule has 0 spiro atoms. The first-order valence-corrected chi connectivity index (χ1v) is 42.5. The summed E-state index contributed by atoms with van der Waals surface area (Å²) in [5.74, 6) is 4.34. The molecule has 0 radical (unpaired) electrons. The molecule has 604 valence electrons. The molecule has 29 nitrogen and oxygen atoms in total. The van der Waals surface area contributed by atoms with Gasteiger partial charge in [0.05, 0.1) is 19.1 Å². The predicted octanol–water partition coefficient (Wildman–Crippen LogP) is 12.8. The van der Waals surface area contributed by atoms with Crippen molar-refractivity contribution in [2.24, 2.45) is 11.8 Å². The van der Waals surface area contributed by atoms with Crippen LogP contribution in [0.4, 0.5) is 54.8 Å². The number of hydrogen-bond acceptors (Lipinski definition) is 29. The Balaban J connectivity index is 0.000000117. The van der Waals surface area contributed by atoms with E-state index < -0.39 is 0 Å². The van der Waals surface area contributed by atoms with E-state index in [1.165, 1.54) is 114 Å². The summed E-state index contributed by atoms with van der Waals surface area (Å²) in [7, 11) is 7.74. The highest BCUT2D eigenvalue weighted by atomic mass is 32.1. The summed E-state index contributed by atoms with van der Waals surface area (Å²) >= 11 is 5.16. The number of amides is 4. The number of piperidine rings is 1. The van der Waals surface area contributed by atoms with Crippen LogP contribution in [0.2, 0.25) is 0 Å². The summed E-state index contributed by atoms with van der Waals surface area (Å²) in [5.41, 5.74) is 10.3. The van der Waals surface area contributed by atoms with Crippen molar-refractivity contribution in [3.8, 4) is 17.1 Å². The van der Waals surface area contributed by atoms with E-state index >= 15 is 0 Å². The number of halogens is 2. The number of aromatic nitrogens is 12. The summed E-state index contributed by atoms with van der Waals surface area (Å²) in [6.07, 6.45) is 19.3. The molecular formula is C82H87F2N23O6S4. The first-order chi connectivity index (χ1) is 57.1. The lowest BCUT2D eigenvalue weighted by molar-refractivity contribution is 0.0663. The van der Waals surface area contributed by atoms with Gasteiger partial charge < -0.3 is 65.1 Å². The third kappa shape index (κ3) is 18.3. The Labute approximate surface area is 688 Å². The van der Waals surface area contributed by atoms with Gasteiger partial charge in [-0.2, -0.15) is 0 Å². The van der Waals surface area contributed by atoms with Gasteiger partial charge in [0.1, 0.15) is 89.8 Å². The van der Waals surface area contributed by atoms with Gasteiger partial charge in [-0.15, -0.1) is 0 Å². The summed E-state index contributed by atoms with van der Waals surface area (Å²) in [6.45, 7) is 10.3. The molecule has 14 heterocycles. The van der Waals surface area contributed by atoms with E-state index in [2.05, 4.69) is 120 Å². The van der Waals surface area contributed by atoms with Crippen LogP contribution in [0.3, 0.4) is 0 Å². The molecule has 2 saturated heterocycles. The number of piperazine rings is 1. The molecule has 9 aromatic heterocycles. The van der Waals surface area contributed by atoms with Crippen molar-refractivity contribution < 1.29 is 37.1 Å². The zero-order chi connectivity index (χ0) is 80.5. The van der Waals surface area contributed by atoms with E-state index in [0.717, 1.165) is 146 Å². The molecular weight excluding hydrogens is 1570 g/mol. The number of carbonyl (C=O) groups is 4. The first kappa shape index (κ1) is 79.5. The number of fused-ring (bicyclic) bond motifs is 7. The lowest BCUT2D eigenvalue weighted by atomic mass is 9.89. The molecule has 0 bridgehead atoms. The van der Waals surface area contributed by atoms with Crippen LogP contribution in [-0.2, 0) is 19.3 Å². The number of nitrogens with zero attached hydrogens (tertiary/aromatic N) is 18. The second-order valence-corrected chi connectivity index (χ2v) is 33.4. The van der Waals surface area contributed by atoms with E-state index in [1.807, 2.05) is 71.3 Å². The average molecular weight is 1660 g/mol. The molecule has 0 unspecified atom stereocenters. The molecule has 3 fully saturated rings. The Morgan fingerprint density at radius 2 is 1.03 bits per heavy atom. The number of nitrogens with one attached hydrogen (secondary N) is 5. The Morgan fingerprint density at radius 3 is 1.56 bits per heavy atom. The van der Waals surface area contributed by atoms with Crippen molar-refractivity contribution in [1.29, 1.82) is 0 Å². The fourth-order valence-electron chi connectivity index (χ4n) is 15.2. The Morgan fingerprint density at radius 1 is 0.538 bits per heavy atom. The van der Waals surface area contributed by atoms with Crippen molar-refractivity contribution in [1.82, 2.24) is 95.8 Å². The largest absolute Gasteiger partial charge is 0.497 e. The number of rotatable bonds is 19. The van der Waals surface area contributed by atoms with Crippen LogP contribution in [0.1, 0.15) is 107 Å². The predicted molar refractivity (Wildman–Crippen MR) is 452 cm³/mol. The SMILES string of the molecule is CN(C)CCCNC(=O)c1nc2c(N3CCc4cc(F)ccc43)ncnc2s1.CN1CCN(C(=O)c2nc3c(N4CCc5cc(F)ccc54)ncnc3s2)CC1.COc1ccc2c(c1)CCN2c1ncnc2sc(C(=O)NCC3CCCCC3)nc12.O=C(NCC1CCNCC1)c1nc2c(Nc3ccccc3-c3ccco3)ncnc2s1. The van der Waals surface area contributed by atoms with Gasteiger partial charge in [-0.05, 0) is 200 Å². The Hall–Kier alpha value is -11.3. The summed E-state index contributed by atoms with van der Waals surface area (Å²) in [5, 5.41) is 17.4. The highest BCUT2D eigenvalue weighted by Crippen LogP contribution is 2.43. The number of benzene rings is 4. The van der Waals surface area contributed by atoms with Crippen LogP contribution in [-0.4, -0.2) is 211 Å². The number of hydrogen-bond donors (Lipinski definition) is 5. The number of thiazole rings is 4. The number of carbonyl (C=O) groups excluding carboxylic acids is 4. The second-order valence-electron chi connectivity index (χ2n) is 29.5. The molecule has 5 N–H and O–H groups in total. The molecule has 0 atom stereocenters. The third-order valence-corrected chi connectivity index (χ3v) is 25.3. The number of methoxy groups -OCH3 is 1. The lowest BCUT2D eigenvalue weighted by Gasteiger charge is -2.31. The normalized spacial score (nSPS) is 15.5. The molecule has 5 aliphatic heterocycles. The van der Waals surface area contributed by atoms with E-state index in [0.29, 0.717) is 125 Å². The van der Waals surface area contributed by atoms with Crippen LogP contribution in [0.25, 0.3) is 52.7 Å². The fourth-order valence-corrected chi connectivity index (χ4v) is 18.6. The third-order valence-electron chi connectivity index (χ3n) is 21.4. The molecule has 4 aromatic carbocycles. The van der Waals surface area contributed by atoms with Crippen LogP contribution in [0.15, 0.2) is 127 Å². The van der Waals surface area contributed by atoms with Gasteiger partial charge >= 0.3 is 0 Å². The van der Waals surface area contributed by atoms with Crippen LogP contribution in [0, 0.1) is 23.5 Å². The van der Waals surface area contributed by atoms with Gasteiger partial charge in [0.25, 0.3) is 23.6 Å². The van der Waals surface area contributed by atoms with Crippen molar-refractivity contribution in [3.05, 3.63) is 171 Å². The minimum Gasteiger partial charge on any atom is -0.497 e. The number of likely N-dealkylation sites (N-methyl/N-ethyl adjacent to an activating group) is 1. The van der Waals surface area contributed by atoms with Crippen molar-refractivity contribution in [3.63, 3.8) is 0 Å². The van der Waals surface area contributed by atoms with E-state index in [-0.39, 0.29) is 35.3 Å². The molecule has 13 aromatic rings. The monoisotopic (exact) mass is 1660 g/mol. The van der Waals surface area contributed by atoms with Crippen LogP contribution >= 0.6 is 45.3 Å². The zero-order valence-electron chi connectivity index (χ0n) is 65.1. The van der Waals surface area contributed by atoms with Crippen LogP contribution < -0.4 is 46.0 Å². The highest BCUT2D eigenvalue weighted by Gasteiger charge is 2.32. The maximum atomic E-state index is 13.5. The van der Waals surface area contributed by atoms with Crippen molar-refractivity contribution >= 4 is 156 Å². The smallest absolute Gasteiger partial charge is 0.283 e. The summed E-state index contributed by atoms with van der Waals surface area (Å²) < 4.78 is 37.9. The minimum absolute atomic E-state index is 0.0501. The molecule has 35 heteroatoms. The summed E-state index contributed by atoms with van der Waals surface area (Å²) in [6, 6.07) is 27.2. The van der Waals surface area contributed by atoms with Crippen LogP contribution in [0.5, 0.6) is 5.75 Å². The number of anilines is 8. The highest BCUT2D eigenvalue weighted by molar-refractivity contribution is 7.21. The van der Waals surface area contributed by atoms with Gasteiger partial charge in [0.15, 0.2) is 43.3 Å². The topological polar surface area (TPSA) is 325 Å². The van der Waals surface area contributed by atoms with E-state index in [1.54, 1.807) is 44.0 Å². The van der Waals surface area contributed by atoms with Gasteiger partial charge in [-0.25, -0.2) is 68.6 Å². The van der Waals surface area contributed by atoms with Gasteiger partial charge in [0, 0.05) is 88.1 Å². The first-order valence-electron chi connectivity index (χ1n) is 39.2. The Kier molecular flexibility index (Phi) is 24.8. The second kappa shape index (κ2) is 36.4. The molecule has 1 aliphatic carbocycles. The average Bonchev–Trinajstić information content (AvgIpc) is 1.64. The number of para-hydroxylation sites is 1. The zero-order valence-corrected chi connectivity index (χ0v) is 68.3. The lowest BCUT2D eigenvalue weighted by Crippen LogP contribution is -2.47. The summed E-state index contributed by atoms with van der Waals surface area (Å²) in [4.78, 5) is 119. The van der Waals surface area contributed by atoms with Crippen molar-refractivity contribution in [2.75, 3.05) is 133 Å². The Bertz CT molecular complexity index is 5730. The van der Waals surface area contributed by atoms with E-state index in [4.69, 9.17) is 9.15 Å². The molecule has 1 saturated carbocycles. The molecule has 4 amide bonds. The maximum absolute atomic E-state index is 13.5. The van der Waals surface area contributed by atoms with Gasteiger partial charge in [0.2, 0.25) is 0 Å². The van der Waals surface area contributed by atoms with Gasteiger partial charge in [-0.1, -0.05) is 76.7 Å². The minimum atomic E-state index is -0.240. The van der Waals surface area contributed by atoms with Crippen molar-refractivity contribution in [2.45, 2.75) is 70.6 Å². The van der Waals surface area contributed by atoms with E-state index in [9.17, 15) is 28.0 Å². The standard InChI is InChI=1S/C22H22N6O2S.C22H25N5O2S.C19H19FN6OS.C19H21FN6OS/c29-20(24-12-14-7-9-23-10-8-14)22-28-18-19(25-13-26-21(18)31-22)27-16-5-2-1-4-15(16)17-6-3-11-30-17;1-29-16-7-8-17-15(11-16)9-10-27(17)19-18-21(25-13-24-19)30-22(26-18)20(28)23-12-14-5-3-2-4-6-14;1-24-6-8-25(9-7-24)19(27)18-23-15-16(21-11-22-17(15)28-18)26-5-4-12-10-13(20)2-3-14(12)26;1-25(2)8-3-7-21-17(27)19-24-15-16(22-11-23-18(15)28-19)26-9-6-12-10-13(20)4-5-14(12)26/h1-6,11,13-14,23H,7-10,12H2,(H,24,29)(H,25,26,27);7-8,11,13-14H,2-6,9-10,12H2,1H3,(H,23,28);2-3,10-11H,4-9H2,1H3;4-5,10-11H,3,6-9H2,1-2H3,(H,21,27). The fraction of sp³-hybridized carbons (Fsp3) is 0.366. The molecule has 117 heavy (non-hydrogen) atoms. The van der Waals surface area contributed by atoms with Gasteiger partial charge in [-0.3, -0.25) is 19.2 Å².